The second-order valence-electron chi connectivity index (χ2n) is 11.5. The smallest absolute Gasteiger partial charge is 0.121 e. The van der Waals surface area contributed by atoms with Gasteiger partial charge in [-0.1, -0.05) is 104 Å². The fourth-order valence-corrected chi connectivity index (χ4v) is 5.95. The summed E-state index contributed by atoms with van der Waals surface area (Å²) in [5, 5.41) is 3.60. The maximum Gasteiger partial charge on any atom is 0.121 e. The maximum absolute atomic E-state index is 6.23. The predicted octanol–water partition coefficient (Wildman–Crippen LogP) is 9.52. The second-order valence-corrected chi connectivity index (χ2v) is 16.5. The third kappa shape index (κ3) is 6.76. The van der Waals surface area contributed by atoms with Crippen molar-refractivity contribution in [2.75, 3.05) is 0 Å². The average molecular weight is 753 g/mol. The van der Waals surface area contributed by atoms with E-state index in [4.69, 9.17) is 4.42 Å². The van der Waals surface area contributed by atoms with Crippen molar-refractivity contribution in [1.29, 1.82) is 0 Å². The molecule has 0 spiro atoms. The molecule has 3 aromatic heterocycles. The zero-order valence-electron chi connectivity index (χ0n) is 24.7. The van der Waals surface area contributed by atoms with E-state index < -0.39 is 8.07 Å². The Morgan fingerprint density at radius 3 is 2.19 bits per heavy atom. The van der Waals surface area contributed by atoms with Gasteiger partial charge in [0.1, 0.15) is 5.58 Å². The first-order valence-corrected chi connectivity index (χ1v) is 17.7. The topological polar surface area (TPSA) is 38.9 Å². The number of aryl methyl sites for hydroxylation is 1. The van der Waals surface area contributed by atoms with Gasteiger partial charge in [-0.05, 0) is 39.8 Å². The summed E-state index contributed by atoms with van der Waals surface area (Å²) in [6.45, 7) is 9.08. The zero-order valence-corrected chi connectivity index (χ0v) is 28.1. The molecule has 5 heteroatoms. The minimum absolute atomic E-state index is 0. The van der Waals surface area contributed by atoms with Gasteiger partial charge in [0.15, 0.2) is 0 Å². The Kier molecular flexibility index (Phi) is 9.17. The summed E-state index contributed by atoms with van der Waals surface area (Å²) < 4.78 is 6.23. The molecule has 0 fully saturated rings. The zero-order chi connectivity index (χ0) is 29.1. The van der Waals surface area contributed by atoms with Gasteiger partial charge in [0.2, 0.25) is 0 Å². The molecule has 0 bridgehead atoms. The van der Waals surface area contributed by atoms with Crippen LogP contribution < -0.4 is 5.19 Å². The number of aromatic nitrogens is 2. The first-order valence-electron chi connectivity index (χ1n) is 14.2. The molecule has 3 heterocycles. The van der Waals surface area contributed by atoms with Crippen LogP contribution in [0.1, 0.15) is 5.56 Å². The van der Waals surface area contributed by atoms with Crippen molar-refractivity contribution >= 4 is 35.2 Å². The molecule has 7 aromatic rings. The Bertz CT molecular complexity index is 1940. The second kappa shape index (κ2) is 13.0. The molecule has 43 heavy (non-hydrogen) atoms. The standard InChI is InChI=1S/C23H14NO.C15H18NSi.Ir/c1-2-7-16(8-3-1)17-12-13-18-19-9-6-10-20(21-11-4-5-14-24-21)23(19)25-22(18)15-17;1-12-5-7-13(8-6-12)15-10-9-14(11-16-15)17(2,3)4;/h1-9,11-15H;5-7,9-11H,1-4H3;/q2*-1;. The molecule has 0 N–H and O–H groups in total. The summed E-state index contributed by atoms with van der Waals surface area (Å²) in [5.41, 5.74) is 9.12. The minimum Gasteiger partial charge on any atom is -0.501 e. The fourth-order valence-electron chi connectivity index (χ4n) is 4.91. The van der Waals surface area contributed by atoms with Crippen LogP contribution in [0.2, 0.25) is 19.6 Å². The number of furan rings is 1. The Labute approximate surface area is 268 Å². The molecule has 3 nitrogen and oxygen atoms in total. The number of nitrogens with zero attached hydrogens (tertiary/aromatic N) is 2. The van der Waals surface area contributed by atoms with Crippen LogP contribution in [0, 0.1) is 19.1 Å². The summed E-state index contributed by atoms with van der Waals surface area (Å²) in [5.74, 6) is 0. The van der Waals surface area contributed by atoms with Gasteiger partial charge in [0.25, 0.3) is 0 Å². The van der Waals surface area contributed by atoms with Crippen LogP contribution in [-0.2, 0) is 20.1 Å². The van der Waals surface area contributed by atoms with Gasteiger partial charge in [-0.15, -0.1) is 53.6 Å². The molecule has 7 rings (SSSR count). The van der Waals surface area contributed by atoms with Crippen molar-refractivity contribution < 1.29 is 24.5 Å². The summed E-state index contributed by atoms with van der Waals surface area (Å²) in [7, 11) is -1.24. The van der Waals surface area contributed by atoms with Crippen molar-refractivity contribution in [2.24, 2.45) is 0 Å². The van der Waals surface area contributed by atoms with E-state index in [1.807, 2.05) is 54.7 Å². The Morgan fingerprint density at radius 1 is 0.698 bits per heavy atom. The first kappa shape index (κ1) is 30.3. The monoisotopic (exact) mass is 753 g/mol. The molecular weight excluding hydrogens is 721 g/mol. The van der Waals surface area contributed by atoms with Crippen LogP contribution >= 0.6 is 0 Å². The Morgan fingerprint density at radius 2 is 1.51 bits per heavy atom. The van der Waals surface area contributed by atoms with Gasteiger partial charge in [-0.3, -0.25) is 0 Å². The molecule has 0 aliphatic carbocycles. The molecule has 0 atom stereocenters. The Hall–Kier alpha value is -4.15. The molecule has 4 aromatic carbocycles. The van der Waals surface area contributed by atoms with Gasteiger partial charge < -0.3 is 14.4 Å². The van der Waals surface area contributed by atoms with Crippen LogP contribution in [0.15, 0.2) is 126 Å². The molecule has 0 aliphatic rings. The number of hydrogen-bond acceptors (Lipinski definition) is 3. The van der Waals surface area contributed by atoms with Crippen LogP contribution in [0.4, 0.5) is 0 Å². The molecule has 0 aliphatic heterocycles. The quantitative estimate of drug-likeness (QED) is 0.133. The number of rotatable bonds is 4. The number of pyridine rings is 2. The van der Waals surface area contributed by atoms with Crippen molar-refractivity contribution in [3.05, 3.63) is 139 Å². The van der Waals surface area contributed by atoms with E-state index in [9.17, 15) is 0 Å². The van der Waals surface area contributed by atoms with Crippen LogP contribution in [-0.4, -0.2) is 18.0 Å². The van der Waals surface area contributed by atoms with E-state index in [0.29, 0.717) is 0 Å². The van der Waals surface area contributed by atoms with Crippen molar-refractivity contribution in [2.45, 2.75) is 26.6 Å². The minimum atomic E-state index is -1.24. The van der Waals surface area contributed by atoms with Gasteiger partial charge in [0.05, 0.1) is 13.7 Å². The summed E-state index contributed by atoms with van der Waals surface area (Å²) in [6.07, 6.45) is 3.81. The summed E-state index contributed by atoms with van der Waals surface area (Å²) in [4.78, 5) is 8.99. The van der Waals surface area contributed by atoms with Gasteiger partial charge >= 0.3 is 0 Å². The number of benzene rings is 4. The van der Waals surface area contributed by atoms with Crippen molar-refractivity contribution in [1.82, 2.24) is 9.97 Å². The van der Waals surface area contributed by atoms with Crippen LogP contribution in [0.5, 0.6) is 0 Å². The third-order valence-corrected chi connectivity index (χ3v) is 9.36. The Balaban J connectivity index is 0.000000180. The largest absolute Gasteiger partial charge is 0.501 e. The first-order chi connectivity index (χ1) is 20.4. The van der Waals surface area contributed by atoms with E-state index in [2.05, 4.69) is 109 Å². The third-order valence-electron chi connectivity index (χ3n) is 7.34. The van der Waals surface area contributed by atoms with E-state index in [1.54, 1.807) is 6.20 Å². The van der Waals surface area contributed by atoms with Crippen molar-refractivity contribution in [3.8, 4) is 33.6 Å². The van der Waals surface area contributed by atoms with Gasteiger partial charge in [-0.25, -0.2) is 0 Å². The fraction of sp³-hybridized carbons (Fsp3) is 0.105. The van der Waals surface area contributed by atoms with Gasteiger partial charge in [0, 0.05) is 37.9 Å². The molecule has 0 unspecified atom stereocenters. The molecule has 215 valence electrons. The molecule has 0 saturated heterocycles. The van der Waals surface area contributed by atoms with E-state index in [-0.39, 0.29) is 20.1 Å². The average Bonchev–Trinajstić information content (AvgIpc) is 3.40. The van der Waals surface area contributed by atoms with E-state index >= 15 is 0 Å². The van der Waals surface area contributed by atoms with Crippen LogP contribution in [0.3, 0.4) is 0 Å². The summed E-state index contributed by atoms with van der Waals surface area (Å²) in [6, 6.07) is 43.6. The molecule has 0 amide bonds. The maximum atomic E-state index is 6.23. The predicted molar refractivity (Wildman–Crippen MR) is 177 cm³/mol. The molecular formula is C38H32IrN2OSi-2. The van der Waals surface area contributed by atoms with E-state index in [0.717, 1.165) is 50.0 Å². The van der Waals surface area contributed by atoms with Crippen molar-refractivity contribution in [3.63, 3.8) is 0 Å². The van der Waals surface area contributed by atoms with Gasteiger partial charge in [-0.2, -0.15) is 0 Å². The summed E-state index contributed by atoms with van der Waals surface area (Å²) >= 11 is 0. The number of hydrogen-bond donors (Lipinski definition) is 0. The van der Waals surface area contributed by atoms with Crippen LogP contribution in [0.25, 0.3) is 55.6 Å². The number of fused-ring (bicyclic) bond motifs is 3. The molecule has 0 saturated carbocycles. The van der Waals surface area contributed by atoms with E-state index in [1.165, 1.54) is 16.3 Å². The molecule has 1 radical (unpaired) electrons. The SMILES string of the molecule is Cc1c[c-]c(-c2ccc([Si](C)(C)C)cn2)cc1.[Ir].[c-]1ccc2c(oc3cc(-c4ccccc4)ccc32)c1-c1ccccn1. The normalized spacial score (nSPS) is 11.1.